The Morgan fingerprint density at radius 2 is 2.10 bits per heavy atom. The molecule has 0 saturated heterocycles. The molecule has 5 heteroatoms. The number of rotatable bonds is 6. The maximum Gasteiger partial charge on any atom is 0.268 e. The Kier molecular flexibility index (Phi) is 5.20. The molecule has 0 aromatic heterocycles. The van der Waals surface area contributed by atoms with Crippen LogP contribution in [0.15, 0.2) is 24.3 Å². The van der Waals surface area contributed by atoms with Crippen molar-refractivity contribution < 1.29 is 14.3 Å². The van der Waals surface area contributed by atoms with Crippen LogP contribution in [0.2, 0.25) is 0 Å². The first-order chi connectivity index (χ1) is 10.2. The van der Waals surface area contributed by atoms with Crippen molar-refractivity contribution in [3.8, 4) is 5.75 Å². The van der Waals surface area contributed by atoms with Crippen molar-refractivity contribution in [2.45, 2.75) is 39.2 Å². The van der Waals surface area contributed by atoms with Gasteiger partial charge >= 0.3 is 0 Å². The van der Waals surface area contributed by atoms with Crippen LogP contribution in [0.4, 0.5) is 5.69 Å². The van der Waals surface area contributed by atoms with E-state index in [1.807, 2.05) is 25.1 Å². The summed E-state index contributed by atoms with van der Waals surface area (Å²) < 4.78 is 5.68. The van der Waals surface area contributed by atoms with E-state index in [9.17, 15) is 9.59 Å². The number of amides is 2. The number of benzene rings is 1. The van der Waals surface area contributed by atoms with Gasteiger partial charge in [-0.15, -0.1) is 0 Å². The van der Waals surface area contributed by atoms with E-state index in [1.165, 1.54) is 4.90 Å². The molecule has 1 aromatic rings. The predicted octanol–water partition coefficient (Wildman–Crippen LogP) is 2.11. The summed E-state index contributed by atoms with van der Waals surface area (Å²) in [5.74, 6) is 0.371. The monoisotopic (exact) mass is 290 g/mol. The average Bonchev–Trinajstić information content (AvgIpc) is 2.50. The summed E-state index contributed by atoms with van der Waals surface area (Å²) in [6.07, 6.45) is 2.04. The van der Waals surface area contributed by atoms with Gasteiger partial charge in [0.05, 0.1) is 5.69 Å². The molecule has 1 aliphatic heterocycles. The summed E-state index contributed by atoms with van der Waals surface area (Å²) in [4.78, 5) is 25.9. The molecule has 0 spiro atoms. The molecular weight excluding hydrogens is 268 g/mol. The SMILES string of the molecule is CCCCNC(=O)CN1C(=O)[C@@H](CC)Oc2ccccc21. The lowest BCUT2D eigenvalue weighted by atomic mass is 10.1. The number of anilines is 1. The molecule has 0 unspecified atom stereocenters. The molecular formula is C16H22N2O3. The number of fused-ring (bicyclic) bond motifs is 1. The standard InChI is InChI=1S/C16H22N2O3/c1-3-5-10-17-15(19)11-18-12-8-6-7-9-14(12)21-13(4-2)16(18)20/h6-9,13H,3-5,10-11H2,1-2H3,(H,17,19)/t13-/m1/s1. The Labute approximate surface area is 125 Å². The number of unbranched alkanes of at least 4 members (excludes halogenated alkanes) is 1. The topological polar surface area (TPSA) is 58.6 Å². The third kappa shape index (κ3) is 3.54. The second-order valence-corrected chi connectivity index (χ2v) is 5.11. The average molecular weight is 290 g/mol. The first-order valence-corrected chi connectivity index (χ1v) is 7.51. The number of para-hydroxylation sites is 2. The van der Waals surface area contributed by atoms with Gasteiger partial charge in [-0.3, -0.25) is 14.5 Å². The van der Waals surface area contributed by atoms with Crippen LogP contribution in [0.1, 0.15) is 33.1 Å². The smallest absolute Gasteiger partial charge is 0.268 e. The Hall–Kier alpha value is -2.04. The number of carbonyl (C=O) groups excluding carboxylic acids is 2. The Balaban J connectivity index is 2.12. The maximum absolute atomic E-state index is 12.4. The van der Waals surface area contributed by atoms with Crippen LogP contribution in [-0.2, 0) is 9.59 Å². The van der Waals surface area contributed by atoms with Crippen LogP contribution in [0.25, 0.3) is 0 Å². The van der Waals surface area contributed by atoms with Crippen molar-refractivity contribution in [1.29, 1.82) is 0 Å². The van der Waals surface area contributed by atoms with Gasteiger partial charge in [0.1, 0.15) is 12.3 Å². The molecule has 21 heavy (non-hydrogen) atoms. The highest BCUT2D eigenvalue weighted by molar-refractivity contribution is 6.03. The van der Waals surface area contributed by atoms with E-state index in [1.54, 1.807) is 6.07 Å². The maximum atomic E-state index is 12.4. The molecule has 2 rings (SSSR count). The number of hydrogen-bond donors (Lipinski definition) is 1. The minimum atomic E-state index is -0.511. The summed E-state index contributed by atoms with van der Waals surface area (Å²) in [5, 5.41) is 2.84. The van der Waals surface area contributed by atoms with Crippen molar-refractivity contribution in [2.24, 2.45) is 0 Å². The third-order valence-corrected chi connectivity index (χ3v) is 3.49. The highest BCUT2D eigenvalue weighted by Gasteiger charge is 2.33. The Morgan fingerprint density at radius 3 is 2.81 bits per heavy atom. The van der Waals surface area contributed by atoms with E-state index >= 15 is 0 Å². The number of ether oxygens (including phenoxy) is 1. The largest absolute Gasteiger partial charge is 0.478 e. The van der Waals surface area contributed by atoms with Gasteiger partial charge in [-0.25, -0.2) is 0 Å². The highest BCUT2D eigenvalue weighted by Crippen LogP contribution is 2.34. The molecule has 1 aromatic carbocycles. The van der Waals surface area contributed by atoms with Gasteiger partial charge in [0.2, 0.25) is 5.91 Å². The van der Waals surface area contributed by atoms with Crippen molar-refractivity contribution in [3.63, 3.8) is 0 Å². The molecule has 0 aliphatic carbocycles. The minimum Gasteiger partial charge on any atom is -0.478 e. The molecule has 2 amide bonds. The van der Waals surface area contributed by atoms with Gasteiger partial charge in [-0.05, 0) is 25.0 Å². The van der Waals surface area contributed by atoms with Gasteiger partial charge < -0.3 is 10.1 Å². The zero-order valence-corrected chi connectivity index (χ0v) is 12.6. The fourth-order valence-corrected chi connectivity index (χ4v) is 2.30. The first-order valence-electron chi connectivity index (χ1n) is 7.51. The summed E-state index contributed by atoms with van der Waals surface area (Å²) >= 11 is 0. The number of nitrogens with zero attached hydrogens (tertiary/aromatic N) is 1. The second-order valence-electron chi connectivity index (χ2n) is 5.11. The summed E-state index contributed by atoms with van der Waals surface area (Å²) in [6.45, 7) is 4.65. The van der Waals surface area contributed by atoms with Crippen LogP contribution in [0.5, 0.6) is 5.75 Å². The van der Waals surface area contributed by atoms with E-state index in [2.05, 4.69) is 12.2 Å². The van der Waals surface area contributed by atoms with Crippen molar-refractivity contribution in [2.75, 3.05) is 18.0 Å². The number of nitrogens with one attached hydrogen (secondary N) is 1. The van der Waals surface area contributed by atoms with E-state index in [0.717, 1.165) is 12.8 Å². The quantitative estimate of drug-likeness (QED) is 0.816. The highest BCUT2D eigenvalue weighted by atomic mass is 16.5. The lowest BCUT2D eigenvalue weighted by molar-refractivity contribution is -0.129. The summed E-state index contributed by atoms with van der Waals surface area (Å²) in [6, 6.07) is 7.33. The van der Waals surface area contributed by atoms with Gasteiger partial charge in [-0.2, -0.15) is 0 Å². The van der Waals surface area contributed by atoms with E-state index in [0.29, 0.717) is 24.4 Å². The van der Waals surface area contributed by atoms with Gasteiger partial charge in [-0.1, -0.05) is 32.4 Å². The van der Waals surface area contributed by atoms with Crippen LogP contribution < -0.4 is 15.0 Å². The van der Waals surface area contributed by atoms with Crippen LogP contribution in [0.3, 0.4) is 0 Å². The van der Waals surface area contributed by atoms with E-state index < -0.39 is 6.10 Å². The second kappa shape index (κ2) is 7.11. The summed E-state index contributed by atoms with van der Waals surface area (Å²) in [7, 11) is 0. The zero-order valence-electron chi connectivity index (χ0n) is 12.6. The molecule has 0 radical (unpaired) electrons. The molecule has 114 valence electrons. The molecule has 5 nitrogen and oxygen atoms in total. The third-order valence-electron chi connectivity index (χ3n) is 3.49. The lowest BCUT2D eigenvalue weighted by Crippen LogP contribution is -2.49. The molecule has 0 saturated carbocycles. The fraction of sp³-hybridized carbons (Fsp3) is 0.500. The van der Waals surface area contributed by atoms with E-state index in [4.69, 9.17) is 4.74 Å². The van der Waals surface area contributed by atoms with Crippen molar-refractivity contribution in [1.82, 2.24) is 5.32 Å². The van der Waals surface area contributed by atoms with Crippen LogP contribution >= 0.6 is 0 Å². The fourth-order valence-electron chi connectivity index (χ4n) is 2.30. The Bertz CT molecular complexity index is 516. The molecule has 1 atom stereocenters. The first kappa shape index (κ1) is 15.4. The summed E-state index contributed by atoms with van der Waals surface area (Å²) in [5.41, 5.74) is 0.665. The van der Waals surface area contributed by atoms with E-state index in [-0.39, 0.29) is 18.4 Å². The molecule has 0 bridgehead atoms. The van der Waals surface area contributed by atoms with Gasteiger partial charge in [0, 0.05) is 6.54 Å². The molecule has 1 aliphatic rings. The number of carbonyl (C=O) groups is 2. The zero-order chi connectivity index (χ0) is 15.2. The normalized spacial score (nSPS) is 17.1. The minimum absolute atomic E-state index is 0.0411. The van der Waals surface area contributed by atoms with Gasteiger partial charge in [0.15, 0.2) is 6.10 Å². The van der Waals surface area contributed by atoms with Crippen LogP contribution in [-0.4, -0.2) is 31.0 Å². The predicted molar refractivity (Wildman–Crippen MR) is 81.4 cm³/mol. The Morgan fingerprint density at radius 1 is 1.33 bits per heavy atom. The van der Waals surface area contributed by atoms with Crippen LogP contribution in [0, 0.1) is 0 Å². The molecule has 1 heterocycles. The van der Waals surface area contributed by atoms with Crippen molar-refractivity contribution in [3.05, 3.63) is 24.3 Å². The molecule has 1 N–H and O–H groups in total. The number of hydrogen-bond acceptors (Lipinski definition) is 3. The van der Waals surface area contributed by atoms with Gasteiger partial charge in [0.25, 0.3) is 5.91 Å². The van der Waals surface area contributed by atoms with Crippen molar-refractivity contribution >= 4 is 17.5 Å². The molecule has 0 fully saturated rings. The lowest BCUT2D eigenvalue weighted by Gasteiger charge is -2.33.